The molecule has 0 saturated carbocycles. The molecular weight excluding hydrogens is 343 g/mol. The molecule has 1 aliphatic rings. The number of hydrogen-bond acceptors (Lipinski definition) is 5. The average molecular weight is 365 g/mol. The predicted octanol–water partition coefficient (Wildman–Crippen LogP) is 1.70. The molecule has 0 unspecified atom stereocenters. The van der Waals surface area contributed by atoms with E-state index in [0.29, 0.717) is 24.6 Å². The minimum atomic E-state index is -0.0504. The Bertz CT molecular complexity index is 521. The molecule has 0 aromatic heterocycles. The third kappa shape index (κ3) is 5.49. The maximum atomic E-state index is 12.0. The third-order valence-corrected chi connectivity index (χ3v) is 3.35. The van der Waals surface area contributed by atoms with Crippen LogP contribution in [-0.4, -0.2) is 56.3 Å². The Hall–Kier alpha value is -1.63. The summed E-state index contributed by atoms with van der Waals surface area (Å²) in [6, 6.07) is 3.30. The molecule has 1 amide bonds. The number of amides is 1. The molecular formula is C15H22Cl2N2O4. The van der Waals surface area contributed by atoms with Crippen LogP contribution in [-0.2, 0) is 4.79 Å². The average Bonchev–Trinajstić information content (AvgIpc) is 2.54. The van der Waals surface area contributed by atoms with Crippen molar-refractivity contribution in [2.24, 2.45) is 0 Å². The zero-order chi connectivity index (χ0) is 15.2. The number of carbonyl (C=O) groups excluding carboxylic acids is 1. The van der Waals surface area contributed by atoms with Crippen molar-refractivity contribution in [2.45, 2.75) is 0 Å². The summed E-state index contributed by atoms with van der Waals surface area (Å²) in [4.78, 5) is 13.8. The molecule has 2 N–H and O–H groups in total. The molecule has 0 radical (unpaired) electrons. The Kier molecular flexibility index (Phi) is 9.48. The van der Waals surface area contributed by atoms with E-state index in [9.17, 15) is 9.90 Å². The molecule has 1 saturated heterocycles. The van der Waals surface area contributed by atoms with Gasteiger partial charge in [0, 0.05) is 32.3 Å². The van der Waals surface area contributed by atoms with Crippen molar-refractivity contribution in [3.8, 4) is 17.2 Å². The number of phenolic OH excluding ortho intramolecular Hbond substituents is 1. The molecule has 6 nitrogen and oxygen atoms in total. The minimum absolute atomic E-state index is 0. The maximum absolute atomic E-state index is 12.0. The summed E-state index contributed by atoms with van der Waals surface area (Å²) in [5.41, 5.74) is 0.727. The van der Waals surface area contributed by atoms with Crippen LogP contribution in [0.2, 0.25) is 0 Å². The number of nitrogens with zero attached hydrogens (tertiary/aromatic N) is 1. The van der Waals surface area contributed by atoms with Gasteiger partial charge in [0.1, 0.15) is 0 Å². The monoisotopic (exact) mass is 364 g/mol. The fourth-order valence-electron chi connectivity index (χ4n) is 2.17. The first kappa shape index (κ1) is 21.4. The molecule has 23 heavy (non-hydrogen) atoms. The van der Waals surface area contributed by atoms with Crippen molar-refractivity contribution in [1.82, 2.24) is 10.2 Å². The van der Waals surface area contributed by atoms with E-state index < -0.39 is 0 Å². The fourth-order valence-corrected chi connectivity index (χ4v) is 2.17. The lowest BCUT2D eigenvalue weighted by Crippen LogP contribution is -2.45. The van der Waals surface area contributed by atoms with Gasteiger partial charge in [0.15, 0.2) is 11.5 Å². The number of phenols is 1. The van der Waals surface area contributed by atoms with Gasteiger partial charge < -0.3 is 24.8 Å². The van der Waals surface area contributed by atoms with Gasteiger partial charge in [-0.3, -0.25) is 4.79 Å². The predicted molar refractivity (Wildman–Crippen MR) is 94.2 cm³/mol. The van der Waals surface area contributed by atoms with Crippen molar-refractivity contribution < 1.29 is 19.4 Å². The van der Waals surface area contributed by atoms with E-state index in [4.69, 9.17) is 9.47 Å². The quantitative estimate of drug-likeness (QED) is 0.795. The van der Waals surface area contributed by atoms with Crippen LogP contribution in [0.5, 0.6) is 17.2 Å². The number of carbonyl (C=O) groups is 1. The van der Waals surface area contributed by atoms with Crippen molar-refractivity contribution in [1.29, 1.82) is 0 Å². The van der Waals surface area contributed by atoms with Gasteiger partial charge in [-0.05, 0) is 23.8 Å². The molecule has 1 fully saturated rings. The highest BCUT2D eigenvalue weighted by molar-refractivity contribution is 5.92. The summed E-state index contributed by atoms with van der Waals surface area (Å²) < 4.78 is 10.2. The number of hydrogen-bond donors (Lipinski definition) is 2. The summed E-state index contributed by atoms with van der Waals surface area (Å²) in [5.74, 6) is 0.542. The summed E-state index contributed by atoms with van der Waals surface area (Å²) in [6.07, 6.45) is 3.21. The number of benzene rings is 1. The van der Waals surface area contributed by atoms with Crippen molar-refractivity contribution in [3.05, 3.63) is 23.8 Å². The first-order valence-electron chi connectivity index (χ1n) is 6.78. The minimum Gasteiger partial charge on any atom is -0.502 e. The van der Waals surface area contributed by atoms with Gasteiger partial charge >= 0.3 is 0 Å². The number of ether oxygens (including phenoxy) is 2. The summed E-state index contributed by atoms with van der Waals surface area (Å²) in [7, 11) is 2.93. The van der Waals surface area contributed by atoms with E-state index in [1.165, 1.54) is 20.3 Å². The molecule has 1 aliphatic heterocycles. The smallest absolute Gasteiger partial charge is 0.246 e. The van der Waals surface area contributed by atoms with E-state index in [-0.39, 0.29) is 36.5 Å². The van der Waals surface area contributed by atoms with Crippen LogP contribution in [0.25, 0.3) is 6.08 Å². The summed E-state index contributed by atoms with van der Waals surface area (Å²) in [5, 5.41) is 13.0. The Labute approximate surface area is 148 Å². The van der Waals surface area contributed by atoms with Crippen LogP contribution < -0.4 is 14.8 Å². The molecule has 0 spiro atoms. The van der Waals surface area contributed by atoms with Gasteiger partial charge in [0.2, 0.25) is 11.7 Å². The summed E-state index contributed by atoms with van der Waals surface area (Å²) in [6.45, 7) is 3.07. The van der Waals surface area contributed by atoms with E-state index in [0.717, 1.165) is 18.7 Å². The number of rotatable bonds is 4. The van der Waals surface area contributed by atoms with Crippen LogP contribution in [0.15, 0.2) is 18.2 Å². The van der Waals surface area contributed by atoms with Gasteiger partial charge in [-0.2, -0.15) is 0 Å². The van der Waals surface area contributed by atoms with E-state index in [2.05, 4.69) is 5.32 Å². The molecule has 1 heterocycles. The summed E-state index contributed by atoms with van der Waals surface area (Å²) >= 11 is 0. The zero-order valence-electron chi connectivity index (χ0n) is 13.1. The van der Waals surface area contributed by atoms with Crippen LogP contribution >= 0.6 is 24.8 Å². The second-order valence-corrected chi connectivity index (χ2v) is 4.68. The van der Waals surface area contributed by atoms with Gasteiger partial charge in [-0.25, -0.2) is 0 Å². The van der Waals surface area contributed by atoms with Gasteiger partial charge in [-0.1, -0.05) is 0 Å². The number of halogens is 2. The first-order chi connectivity index (χ1) is 10.2. The van der Waals surface area contributed by atoms with Gasteiger partial charge in [-0.15, -0.1) is 24.8 Å². The standard InChI is InChI=1S/C15H20N2O4.2ClH/c1-20-12-9-11(10-13(21-2)15(12)19)3-4-14(18)17-7-5-16-6-8-17;;/h3-4,9-10,16,19H,5-8H2,1-2H3;2*1H. The molecule has 2 rings (SSSR count). The maximum Gasteiger partial charge on any atom is 0.246 e. The highest BCUT2D eigenvalue weighted by atomic mass is 35.5. The van der Waals surface area contributed by atoms with E-state index in [1.54, 1.807) is 23.1 Å². The molecule has 1 aromatic rings. The van der Waals surface area contributed by atoms with Gasteiger partial charge in [0.05, 0.1) is 14.2 Å². The second kappa shape index (κ2) is 10.2. The third-order valence-electron chi connectivity index (χ3n) is 3.35. The topological polar surface area (TPSA) is 71.0 Å². The highest BCUT2D eigenvalue weighted by Gasteiger charge is 2.14. The lowest BCUT2D eigenvalue weighted by Gasteiger charge is -2.26. The van der Waals surface area contributed by atoms with Crippen molar-refractivity contribution in [2.75, 3.05) is 40.4 Å². The Morgan fingerprint density at radius 3 is 2.17 bits per heavy atom. The lowest BCUT2D eigenvalue weighted by molar-refractivity contribution is -0.126. The van der Waals surface area contributed by atoms with E-state index >= 15 is 0 Å². The Balaban J connectivity index is 0.00000242. The number of nitrogens with one attached hydrogen (secondary N) is 1. The van der Waals surface area contributed by atoms with Crippen LogP contribution in [0, 0.1) is 0 Å². The molecule has 0 atom stereocenters. The lowest BCUT2D eigenvalue weighted by atomic mass is 10.1. The van der Waals surface area contributed by atoms with Crippen LogP contribution in [0.4, 0.5) is 0 Å². The normalized spacial score (nSPS) is 13.9. The van der Waals surface area contributed by atoms with Crippen LogP contribution in [0.3, 0.4) is 0 Å². The largest absolute Gasteiger partial charge is 0.502 e. The van der Waals surface area contributed by atoms with Gasteiger partial charge in [0.25, 0.3) is 0 Å². The number of methoxy groups -OCH3 is 2. The number of piperazine rings is 1. The SMILES string of the molecule is COc1cc(C=CC(=O)N2CCNCC2)cc(OC)c1O.Cl.Cl. The second-order valence-electron chi connectivity index (χ2n) is 4.68. The van der Waals surface area contributed by atoms with Crippen molar-refractivity contribution >= 4 is 36.8 Å². The molecule has 0 bridgehead atoms. The highest BCUT2D eigenvalue weighted by Crippen LogP contribution is 2.37. The molecule has 8 heteroatoms. The van der Waals surface area contributed by atoms with Crippen molar-refractivity contribution in [3.63, 3.8) is 0 Å². The van der Waals surface area contributed by atoms with Crippen LogP contribution in [0.1, 0.15) is 5.56 Å². The Morgan fingerprint density at radius 1 is 1.17 bits per heavy atom. The van der Waals surface area contributed by atoms with E-state index in [1.807, 2.05) is 0 Å². The molecule has 0 aliphatic carbocycles. The molecule has 130 valence electrons. The Morgan fingerprint density at radius 2 is 1.70 bits per heavy atom. The first-order valence-corrected chi connectivity index (χ1v) is 6.78. The number of aromatic hydroxyl groups is 1. The fraction of sp³-hybridized carbons (Fsp3) is 0.400. The zero-order valence-corrected chi connectivity index (χ0v) is 14.7. The molecule has 1 aromatic carbocycles.